The number of amides is 2. The van der Waals surface area contributed by atoms with Crippen LogP contribution >= 0.6 is 0 Å². The second kappa shape index (κ2) is 4.23. The molecule has 5 nitrogen and oxygen atoms in total. The minimum absolute atomic E-state index is 0.0275. The summed E-state index contributed by atoms with van der Waals surface area (Å²) in [5.74, 6) is 0.0676. The Labute approximate surface area is 95.1 Å². The summed E-state index contributed by atoms with van der Waals surface area (Å²) in [5, 5.41) is 5.66. The van der Waals surface area contributed by atoms with E-state index >= 15 is 0 Å². The van der Waals surface area contributed by atoms with E-state index in [2.05, 4.69) is 5.10 Å². The Morgan fingerprint density at radius 2 is 2.19 bits per heavy atom. The lowest BCUT2D eigenvalue weighted by molar-refractivity contribution is -0.137. The van der Waals surface area contributed by atoms with Crippen LogP contribution in [-0.4, -0.2) is 40.6 Å². The number of hydrazone groups is 1. The Morgan fingerprint density at radius 3 is 2.69 bits per heavy atom. The lowest BCUT2D eigenvalue weighted by Crippen LogP contribution is -2.38. The molecule has 0 spiro atoms. The summed E-state index contributed by atoms with van der Waals surface area (Å²) in [6.07, 6.45) is 2.27. The van der Waals surface area contributed by atoms with Gasteiger partial charge in [-0.2, -0.15) is 5.10 Å². The van der Waals surface area contributed by atoms with Gasteiger partial charge in [-0.3, -0.25) is 9.59 Å². The molecular formula is C11H17N3O2. The van der Waals surface area contributed by atoms with Gasteiger partial charge in [-0.05, 0) is 19.8 Å². The average Bonchev–Trinajstić information content (AvgIpc) is 2.74. The summed E-state index contributed by atoms with van der Waals surface area (Å²) >= 11 is 0. The monoisotopic (exact) mass is 223 g/mol. The zero-order valence-corrected chi connectivity index (χ0v) is 9.77. The van der Waals surface area contributed by atoms with Crippen LogP contribution in [0.15, 0.2) is 5.10 Å². The highest BCUT2D eigenvalue weighted by Crippen LogP contribution is 2.20. The molecule has 0 aromatic heterocycles. The molecule has 1 unspecified atom stereocenters. The van der Waals surface area contributed by atoms with E-state index < -0.39 is 0 Å². The Hall–Kier alpha value is -1.39. The van der Waals surface area contributed by atoms with Crippen molar-refractivity contribution in [1.82, 2.24) is 9.91 Å². The molecule has 1 fully saturated rings. The Balaban J connectivity index is 2.01. The van der Waals surface area contributed by atoms with E-state index in [-0.39, 0.29) is 17.7 Å². The van der Waals surface area contributed by atoms with Crippen LogP contribution < -0.4 is 0 Å². The molecular weight excluding hydrogens is 206 g/mol. The van der Waals surface area contributed by atoms with Crippen molar-refractivity contribution >= 4 is 17.5 Å². The van der Waals surface area contributed by atoms with Gasteiger partial charge in [0.25, 0.3) is 5.91 Å². The number of hydrogen-bond donors (Lipinski definition) is 0. The molecule has 2 rings (SSSR count). The Bertz CT molecular complexity index is 351. The molecule has 0 radical (unpaired) electrons. The zero-order chi connectivity index (χ0) is 11.7. The van der Waals surface area contributed by atoms with Crippen molar-refractivity contribution in [3.05, 3.63) is 0 Å². The molecule has 0 N–H and O–H groups in total. The van der Waals surface area contributed by atoms with Crippen LogP contribution in [0.5, 0.6) is 0 Å². The molecule has 1 saturated heterocycles. The third kappa shape index (κ3) is 1.81. The van der Waals surface area contributed by atoms with Gasteiger partial charge in [0.2, 0.25) is 5.91 Å². The van der Waals surface area contributed by atoms with Crippen LogP contribution in [0, 0.1) is 5.92 Å². The molecule has 0 saturated carbocycles. The first-order chi connectivity index (χ1) is 7.63. The predicted octanol–water partition coefficient (Wildman–Crippen LogP) is 0.811. The second-order valence-corrected chi connectivity index (χ2v) is 4.34. The summed E-state index contributed by atoms with van der Waals surface area (Å²) in [4.78, 5) is 25.1. The second-order valence-electron chi connectivity index (χ2n) is 4.34. The van der Waals surface area contributed by atoms with Gasteiger partial charge in [-0.15, -0.1) is 0 Å². The van der Waals surface area contributed by atoms with Crippen molar-refractivity contribution < 1.29 is 9.59 Å². The zero-order valence-electron chi connectivity index (χ0n) is 9.77. The molecule has 16 heavy (non-hydrogen) atoms. The smallest absolute Gasteiger partial charge is 0.253 e. The van der Waals surface area contributed by atoms with Crippen LogP contribution in [0.1, 0.15) is 33.1 Å². The maximum absolute atomic E-state index is 11.9. The molecule has 88 valence electrons. The summed E-state index contributed by atoms with van der Waals surface area (Å²) < 4.78 is 0. The number of carbonyl (C=O) groups is 2. The SMILES string of the molecule is CCC1C(=O)N(CN2CCCC2=O)N=C1C. The van der Waals surface area contributed by atoms with Crippen LogP contribution in [0.4, 0.5) is 0 Å². The quantitative estimate of drug-likeness (QED) is 0.711. The molecule has 2 amide bonds. The number of carbonyl (C=O) groups excluding carboxylic acids is 2. The first kappa shape index (κ1) is 11.1. The van der Waals surface area contributed by atoms with E-state index in [4.69, 9.17) is 0 Å². The fourth-order valence-corrected chi connectivity index (χ4v) is 2.25. The molecule has 0 bridgehead atoms. The van der Waals surface area contributed by atoms with Crippen molar-refractivity contribution in [2.24, 2.45) is 11.0 Å². The first-order valence-electron chi connectivity index (χ1n) is 5.77. The Kier molecular flexibility index (Phi) is 2.94. The van der Waals surface area contributed by atoms with E-state index in [1.54, 1.807) is 4.90 Å². The minimum Gasteiger partial charge on any atom is -0.323 e. The molecule has 2 aliphatic heterocycles. The number of nitrogens with zero attached hydrogens (tertiary/aromatic N) is 3. The third-order valence-corrected chi connectivity index (χ3v) is 3.22. The number of hydrogen-bond acceptors (Lipinski definition) is 3. The van der Waals surface area contributed by atoms with E-state index in [0.29, 0.717) is 13.1 Å². The van der Waals surface area contributed by atoms with Gasteiger partial charge in [0, 0.05) is 18.7 Å². The topological polar surface area (TPSA) is 53.0 Å². The van der Waals surface area contributed by atoms with E-state index in [1.807, 2.05) is 13.8 Å². The van der Waals surface area contributed by atoms with Gasteiger partial charge in [0.1, 0.15) is 6.67 Å². The molecule has 0 aromatic carbocycles. The Morgan fingerprint density at radius 1 is 1.44 bits per heavy atom. The highest BCUT2D eigenvalue weighted by molar-refractivity contribution is 6.06. The molecule has 0 aliphatic carbocycles. The molecule has 2 heterocycles. The van der Waals surface area contributed by atoms with Crippen molar-refractivity contribution in [1.29, 1.82) is 0 Å². The average molecular weight is 223 g/mol. The van der Waals surface area contributed by atoms with Crippen molar-refractivity contribution in [2.45, 2.75) is 33.1 Å². The van der Waals surface area contributed by atoms with Crippen LogP contribution in [0.25, 0.3) is 0 Å². The summed E-state index contributed by atoms with van der Waals surface area (Å²) in [5.41, 5.74) is 0.860. The lowest BCUT2D eigenvalue weighted by Gasteiger charge is -2.21. The largest absolute Gasteiger partial charge is 0.323 e. The normalized spacial score (nSPS) is 25.6. The summed E-state index contributed by atoms with van der Waals surface area (Å²) in [7, 11) is 0. The third-order valence-electron chi connectivity index (χ3n) is 3.22. The first-order valence-corrected chi connectivity index (χ1v) is 5.77. The fraction of sp³-hybridized carbons (Fsp3) is 0.727. The van der Waals surface area contributed by atoms with Crippen LogP contribution in [-0.2, 0) is 9.59 Å². The maximum atomic E-state index is 11.9. The van der Waals surface area contributed by atoms with Gasteiger partial charge < -0.3 is 4.90 Å². The fourth-order valence-electron chi connectivity index (χ4n) is 2.25. The maximum Gasteiger partial charge on any atom is 0.253 e. The van der Waals surface area contributed by atoms with Gasteiger partial charge in [-0.1, -0.05) is 6.92 Å². The van der Waals surface area contributed by atoms with Gasteiger partial charge in [0.05, 0.1) is 5.92 Å². The van der Waals surface area contributed by atoms with Crippen LogP contribution in [0.3, 0.4) is 0 Å². The standard InChI is InChI=1S/C11H17N3O2/c1-3-9-8(2)12-14(11(9)16)7-13-6-4-5-10(13)15/h9H,3-7H2,1-2H3. The highest BCUT2D eigenvalue weighted by Gasteiger charge is 2.34. The van der Waals surface area contributed by atoms with Crippen molar-refractivity contribution in [2.75, 3.05) is 13.2 Å². The van der Waals surface area contributed by atoms with Gasteiger partial charge in [0.15, 0.2) is 0 Å². The van der Waals surface area contributed by atoms with Gasteiger partial charge in [-0.25, -0.2) is 5.01 Å². The molecule has 1 atom stereocenters. The highest BCUT2D eigenvalue weighted by atomic mass is 16.2. The lowest BCUT2D eigenvalue weighted by atomic mass is 10.0. The van der Waals surface area contributed by atoms with Gasteiger partial charge >= 0.3 is 0 Å². The number of rotatable bonds is 3. The molecule has 2 aliphatic rings. The minimum atomic E-state index is -0.0855. The van der Waals surface area contributed by atoms with E-state index in [0.717, 1.165) is 25.1 Å². The number of likely N-dealkylation sites (tertiary alicyclic amines) is 1. The van der Waals surface area contributed by atoms with Crippen molar-refractivity contribution in [3.63, 3.8) is 0 Å². The molecule has 5 heteroatoms. The summed E-state index contributed by atoms with van der Waals surface area (Å²) in [6.45, 7) is 4.92. The van der Waals surface area contributed by atoms with E-state index in [9.17, 15) is 9.59 Å². The van der Waals surface area contributed by atoms with E-state index in [1.165, 1.54) is 5.01 Å². The predicted molar refractivity (Wildman–Crippen MR) is 59.6 cm³/mol. The van der Waals surface area contributed by atoms with Crippen molar-refractivity contribution in [3.8, 4) is 0 Å². The molecule has 0 aromatic rings. The van der Waals surface area contributed by atoms with Crippen LogP contribution in [0.2, 0.25) is 0 Å². The summed E-state index contributed by atoms with van der Waals surface area (Å²) in [6, 6.07) is 0.